The van der Waals surface area contributed by atoms with E-state index in [-0.39, 0.29) is 17.9 Å². The Hall–Kier alpha value is -1.23. The van der Waals surface area contributed by atoms with E-state index in [1.807, 2.05) is 20.8 Å². The maximum atomic E-state index is 11.5. The van der Waals surface area contributed by atoms with Crippen LogP contribution < -0.4 is 5.32 Å². The summed E-state index contributed by atoms with van der Waals surface area (Å²) in [6.45, 7) is 9.24. The molecule has 5 heteroatoms. The van der Waals surface area contributed by atoms with Gasteiger partial charge in [0.2, 0.25) is 0 Å². The van der Waals surface area contributed by atoms with E-state index in [1.54, 1.807) is 0 Å². The van der Waals surface area contributed by atoms with Crippen LogP contribution in [0.25, 0.3) is 0 Å². The van der Waals surface area contributed by atoms with Gasteiger partial charge in [0.1, 0.15) is 17.5 Å². The molecule has 1 aliphatic rings. The molecule has 0 spiro atoms. The molecule has 2 N–H and O–H groups in total. The molecule has 0 aromatic carbocycles. The average molecular weight is 243 g/mol. The largest absolute Gasteiger partial charge is 0.510 e. The summed E-state index contributed by atoms with van der Waals surface area (Å²) in [5, 5.41) is 11.9. The fourth-order valence-corrected chi connectivity index (χ4v) is 1.60. The predicted molar refractivity (Wildman–Crippen MR) is 63.9 cm³/mol. The van der Waals surface area contributed by atoms with E-state index < -0.39 is 11.7 Å². The van der Waals surface area contributed by atoms with Crippen LogP contribution in [0.5, 0.6) is 0 Å². The van der Waals surface area contributed by atoms with Gasteiger partial charge in [0.25, 0.3) is 0 Å². The van der Waals surface area contributed by atoms with Gasteiger partial charge in [-0.25, -0.2) is 4.79 Å². The Labute approximate surface area is 102 Å². The van der Waals surface area contributed by atoms with Crippen LogP contribution in [-0.2, 0) is 9.47 Å². The first kappa shape index (κ1) is 13.8. The lowest BCUT2D eigenvalue weighted by molar-refractivity contribution is -0.00717. The van der Waals surface area contributed by atoms with Crippen LogP contribution in [0.15, 0.2) is 12.3 Å². The highest BCUT2D eigenvalue weighted by atomic mass is 16.6. The van der Waals surface area contributed by atoms with Gasteiger partial charge in [-0.3, -0.25) is 0 Å². The van der Waals surface area contributed by atoms with E-state index in [4.69, 9.17) is 14.6 Å². The van der Waals surface area contributed by atoms with Gasteiger partial charge in [0, 0.05) is 0 Å². The Morgan fingerprint density at radius 3 is 2.53 bits per heavy atom. The Kier molecular flexibility index (Phi) is 4.40. The molecule has 2 unspecified atom stereocenters. The molecule has 1 heterocycles. The van der Waals surface area contributed by atoms with E-state index in [1.165, 1.54) is 0 Å². The molecule has 1 amide bonds. The number of ether oxygens (including phenoxy) is 2. The Morgan fingerprint density at radius 2 is 2.12 bits per heavy atom. The van der Waals surface area contributed by atoms with Crippen LogP contribution >= 0.6 is 0 Å². The summed E-state index contributed by atoms with van der Waals surface area (Å²) in [5.41, 5.74) is -0.498. The zero-order chi connectivity index (χ0) is 13.1. The molecule has 5 nitrogen and oxygen atoms in total. The van der Waals surface area contributed by atoms with Gasteiger partial charge in [-0.1, -0.05) is 6.58 Å². The molecule has 0 bridgehead atoms. The van der Waals surface area contributed by atoms with Gasteiger partial charge < -0.3 is 19.9 Å². The van der Waals surface area contributed by atoms with Gasteiger partial charge in [0.15, 0.2) is 0 Å². The fraction of sp³-hybridized carbons (Fsp3) is 0.750. The van der Waals surface area contributed by atoms with Crippen LogP contribution in [0.4, 0.5) is 4.79 Å². The maximum Gasteiger partial charge on any atom is 0.407 e. The number of hydrogen-bond donors (Lipinski definition) is 2. The van der Waals surface area contributed by atoms with Crippen molar-refractivity contribution in [1.29, 1.82) is 0 Å². The first-order valence-corrected chi connectivity index (χ1v) is 5.77. The second-order valence-corrected chi connectivity index (χ2v) is 5.23. The molecule has 1 rings (SSSR count). The van der Waals surface area contributed by atoms with Crippen molar-refractivity contribution in [3.63, 3.8) is 0 Å². The smallest absolute Gasteiger partial charge is 0.407 e. The van der Waals surface area contributed by atoms with Crippen LogP contribution in [-0.4, -0.2) is 35.6 Å². The first-order valence-electron chi connectivity index (χ1n) is 5.77. The lowest BCUT2D eigenvalue weighted by atomic mass is 10.0. The number of nitrogens with one attached hydrogen (secondary N) is 1. The minimum absolute atomic E-state index is 0.0423. The highest BCUT2D eigenvalue weighted by molar-refractivity contribution is 5.68. The summed E-state index contributed by atoms with van der Waals surface area (Å²) in [4.78, 5) is 11.5. The molecule has 17 heavy (non-hydrogen) atoms. The number of aliphatic hydroxyl groups is 1. The molecule has 2 atom stereocenters. The quantitative estimate of drug-likeness (QED) is 0.729. The van der Waals surface area contributed by atoms with Crippen LogP contribution in [0, 0.1) is 0 Å². The number of carbonyl (C=O) groups is 1. The number of amides is 1. The minimum atomic E-state index is -0.498. The second kappa shape index (κ2) is 5.40. The second-order valence-electron chi connectivity index (χ2n) is 5.23. The zero-order valence-corrected chi connectivity index (χ0v) is 10.7. The zero-order valence-electron chi connectivity index (χ0n) is 10.7. The van der Waals surface area contributed by atoms with Crippen molar-refractivity contribution in [1.82, 2.24) is 5.32 Å². The lowest BCUT2D eigenvalue weighted by Crippen LogP contribution is -2.45. The van der Waals surface area contributed by atoms with Crippen molar-refractivity contribution in [3.8, 4) is 0 Å². The number of carbonyl (C=O) groups excluding carboxylic acids is 1. The maximum absolute atomic E-state index is 11.5. The van der Waals surface area contributed by atoms with E-state index in [2.05, 4.69) is 11.9 Å². The Bertz CT molecular complexity index is 287. The topological polar surface area (TPSA) is 67.8 Å². The first-order chi connectivity index (χ1) is 7.78. The monoisotopic (exact) mass is 243 g/mol. The third-order valence-electron chi connectivity index (χ3n) is 2.37. The summed E-state index contributed by atoms with van der Waals surface area (Å²) in [7, 11) is 0. The molecule has 0 aliphatic carbocycles. The van der Waals surface area contributed by atoms with Crippen molar-refractivity contribution >= 4 is 6.09 Å². The summed E-state index contributed by atoms with van der Waals surface area (Å²) in [5.74, 6) is 0.0423. The predicted octanol–water partition coefficient (Wildman–Crippen LogP) is 2.13. The van der Waals surface area contributed by atoms with Gasteiger partial charge in [-0.2, -0.15) is 0 Å². The number of aliphatic hydroxyl groups excluding tert-OH is 1. The summed E-state index contributed by atoms with van der Waals surface area (Å²) in [6, 6.07) is -0.0690. The number of alkyl carbamates (subject to hydrolysis) is 1. The van der Waals surface area contributed by atoms with E-state index in [0.717, 1.165) is 6.42 Å². The molecule has 0 saturated carbocycles. The van der Waals surface area contributed by atoms with Crippen LogP contribution in [0.2, 0.25) is 0 Å². The molecule has 0 radical (unpaired) electrons. The minimum Gasteiger partial charge on any atom is -0.510 e. The lowest BCUT2D eigenvalue weighted by Gasteiger charge is -2.29. The normalized spacial score (nSPS) is 25.1. The summed E-state index contributed by atoms with van der Waals surface area (Å²) >= 11 is 0. The molecule has 98 valence electrons. The van der Waals surface area contributed by atoms with Crippen LogP contribution in [0.3, 0.4) is 0 Å². The SMILES string of the molecule is C=C(O)C1CCC(NC(=O)OC(C)(C)C)CO1. The van der Waals surface area contributed by atoms with Gasteiger partial charge in [0.05, 0.1) is 12.6 Å². The van der Waals surface area contributed by atoms with Crippen molar-refractivity contribution in [2.75, 3.05) is 6.61 Å². The molecule has 1 aliphatic heterocycles. The fourth-order valence-electron chi connectivity index (χ4n) is 1.60. The third kappa shape index (κ3) is 5.08. The highest BCUT2D eigenvalue weighted by Gasteiger charge is 2.26. The molecule has 0 aromatic rings. The molecular weight excluding hydrogens is 222 g/mol. The summed E-state index contributed by atoms with van der Waals surface area (Å²) in [6.07, 6.45) is 0.637. The van der Waals surface area contributed by atoms with E-state index in [0.29, 0.717) is 13.0 Å². The van der Waals surface area contributed by atoms with E-state index >= 15 is 0 Å². The average Bonchev–Trinajstić information content (AvgIpc) is 2.15. The third-order valence-corrected chi connectivity index (χ3v) is 2.37. The molecule has 1 fully saturated rings. The highest BCUT2D eigenvalue weighted by Crippen LogP contribution is 2.18. The number of rotatable bonds is 2. The van der Waals surface area contributed by atoms with Gasteiger partial charge in [-0.05, 0) is 33.6 Å². The Morgan fingerprint density at radius 1 is 1.47 bits per heavy atom. The Balaban J connectivity index is 2.31. The molecule has 1 saturated heterocycles. The van der Waals surface area contributed by atoms with Crippen molar-refractivity contribution in [2.24, 2.45) is 0 Å². The molecular formula is C12H21NO4. The van der Waals surface area contributed by atoms with Crippen molar-refractivity contribution < 1.29 is 19.4 Å². The standard InChI is InChI=1S/C12H21NO4/c1-8(14)10-6-5-9(7-16-10)13-11(15)17-12(2,3)4/h9-10,14H,1,5-7H2,2-4H3,(H,13,15). The van der Waals surface area contributed by atoms with Crippen molar-refractivity contribution in [3.05, 3.63) is 12.3 Å². The number of hydrogen-bond acceptors (Lipinski definition) is 4. The van der Waals surface area contributed by atoms with E-state index in [9.17, 15) is 4.79 Å². The van der Waals surface area contributed by atoms with Gasteiger partial charge in [-0.15, -0.1) is 0 Å². The van der Waals surface area contributed by atoms with Crippen molar-refractivity contribution in [2.45, 2.75) is 51.4 Å². The molecule has 0 aromatic heterocycles. The van der Waals surface area contributed by atoms with Crippen LogP contribution in [0.1, 0.15) is 33.6 Å². The summed E-state index contributed by atoms with van der Waals surface area (Å²) < 4.78 is 10.5. The van der Waals surface area contributed by atoms with Gasteiger partial charge >= 0.3 is 6.09 Å².